The first-order chi connectivity index (χ1) is 9.72. The van der Waals surface area contributed by atoms with Crippen molar-refractivity contribution in [1.82, 2.24) is 10.2 Å². The molecule has 21 heavy (non-hydrogen) atoms. The van der Waals surface area contributed by atoms with E-state index in [1.807, 2.05) is 36.1 Å². The highest BCUT2D eigenvalue weighted by Gasteiger charge is 2.37. The molecule has 116 valence electrons. The fourth-order valence-electron chi connectivity index (χ4n) is 3.18. The number of aryl methyl sites for hydroxylation is 1. The molecule has 2 aliphatic rings. The Morgan fingerprint density at radius 2 is 2.05 bits per heavy atom. The number of nitrogens with zero attached hydrogens (tertiary/aromatic N) is 1. The number of likely N-dealkylation sites (tertiary alicyclic amines) is 1. The highest BCUT2D eigenvalue weighted by atomic mass is 35.5. The minimum absolute atomic E-state index is 0. The Morgan fingerprint density at radius 3 is 2.71 bits per heavy atom. The molecule has 0 spiro atoms. The van der Waals surface area contributed by atoms with Crippen LogP contribution in [0.5, 0.6) is 5.75 Å². The van der Waals surface area contributed by atoms with Crippen LogP contribution in [-0.4, -0.2) is 43.6 Å². The predicted molar refractivity (Wildman–Crippen MR) is 85.0 cm³/mol. The third-order valence-electron chi connectivity index (χ3n) is 4.32. The molecule has 0 unspecified atom stereocenters. The van der Waals surface area contributed by atoms with Gasteiger partial charge in [0.25, 0.3) is 0 Å². The van der Waals surface area contributed by atoms with Crippen molar-refractivity contribution >= 4 is 18.3 Å². The lowest BCUT2D eigenvalue weighted by atomic mass is 10.0. The highest BCUT2D eigenvalue weighted by molar-refractivity contribution is 5.85. The molecule has 1 N–H and O–H groups in total. The lowest BCUT2D eigenvalue weighted by Crippen LogP contribution is -2.32. The smallest absolute Gasteiger partial charge is 0.226 e. The zero-order valence-electron chi connectivity index (χ0n) is 12.4. The van der Waals surface area contributed by atoms with E-state index in [2.05, 4.69) is 5.32 Å². The monoisotopic (exact) mass is 310 g/mol. The number of rotatable bonds is 4. The molecule has 0 aromatic heterocycles. The second-order valence-corrected chi connectivity index (χ2v) is 5.89. The van der Waals surface area contributed by atoms with E-state index in [-0.39, 0.29) is 18.3 Å². The molecule has 4 nitrogen and oxygen atoms in total. The van der Waals surface area contributed by atoms with Crippen LogP contribution in [0.25, 0.3) is 0 Å². The number of ether oxygens (including phenoxy) is 1. The molecular formula is C16H23ClN2O2. The van der Waals surface area contributed by atoms with Crippen LogP contribution in [0.15, 0.2) is 24.3 Å². The lowest BCUT2D eigenvalue weighted by Gasteiger charge is -2.17. The second-order valence-electron chi connectivity index (χ2n) is 5.89. The molecule has 5 heteroatoms. The van der Waals surface area contributed by atoms with E-state index in [1.54, 1.807) is 0 Å². The van der Waals surface area contributed by atoms with E-state index in [4.69, 9.17) is 4.74 Å². The van der Waals surface area contributed by atoms with E-state index >= 15 is 0 Å². The zero-order valence-corrected chi connectivity index (χ0v) is 13.2. The lowest BCUT2D eigenvalue weighted by molar-refractivity contribution is -0.130. The molecule has 2 fully saturated rings. The molecular weight excluding hydrogens is 288 g/mol. The third-order valence-corrected chi connectivity index (χ3v) is 4.32. The maximum atomic E-state index is 12.2. The summed E-state index contributed by atoms with van der Waals surface area (Å²) in [6, 6.07) is 7.94. The third kappa shape index (κ3) is 3.89. The van der Waals surface area contributed by atoms with Crippen molar-refractivity contribution in [2.45, 2.75) is 13.3 Å². The van der Waals surface area contributed by atoms with E-state index in [9.17, 15) is 4.79 Å². The average molecular weight is 311 g/mol. The number of benzene rings is 1. The van der Waals surface area contributed by atoms with Gasteiger partial charge in [-0.25, -0.2) is 0 Å². The van der Waals surface area contributed by atoms with Gasteiger partial charge in [-0.2, -0.15) is 0 Å². The topological polar surface area (TPSA) is 41.6 Å². The summed E-state index contributed by atoms with van der Waals surface area (Å²) in [5.74, 6) is 2.40. The molecule has 0 radical (unpaired) electrons. The Morgan fingerprint density at radius 1 is 1.33 bits per heavy atom. The van der Waals surface area contributed by atoms with Crippen LogP contribution in [0.1, 0.15) is 12.0 Å². The fourth-order valence-corrected chi connectivity index (χ4v) is 3.18. The largest absolute Gasteiger partial charge is 0.493 e. The average Bonchev–Trinajstić information content (AvgIpc) is 2.99. The first-order valence-corrected chi connectivity index (χ1v) is 7.40. The van der Waals surface area contributed by atoms with Gasteiger partial charge in [0.2, 0.25) is 5.91 Å². The maximum absolute atomic E-state index is 12.2. The number of halogens is 1. The highest BCUT2D eigenvalue weighted by Crippen LogP contribution is 2.26. The van der Waals surface area contributed by atoms with Gasteiger partial charge in [0, 0.05) is 26.2 Å². The van der Waals surface area contributed by atoms with Gasteiger partial charge in [-0.15, -0.1) is 12.4 Å². The molecule has 2 heterocycles. The van der Waals surface area contributed by atoms with Crippen LogP contribution in [0.3, 0.4) is 0 Å². The van der Waals surface area contributed by atoms with Crippen LogP contribution >= 0.6 is 12.4 Å². The number of fused-ring (bicyclic) bond motifs is 1. The molecule has 2 atom stereocenters. The summed E-state index contributed by atoms with van der Waals surface area (Å²) in [4.78, 5) is 14.2. The number of amides is 1. The Labute approximate surface area is 132 Å². The predicted octanol–water partition coefficient (Wildman–Crippen LogP) is 1.86. The first-order valence-electron chi connectivity index (χ1n) is 7.40. The van der Waals surface area contributed by atoms with Gasteiger partial charge in [-0.05, 0) is 36.5 Å². The minimum atomic E-state index is 0. The number of nitrogens with one attached hydrogen (secondary N) is 1. The van der Waals surface area contributed by atoms with E-state index in [0.717, 1.165) is 31.9 Å². The minimum Gasteiger partial charge on any atom is -0.493 e. The summed E-state index contributed by atoms with van der Waals surface area (Å²) in [5.41, 5.74) is 1.17. The molecule has 0 saturated carbocycles. The maximum Gasteiger partial charge on any atom is 0.226 e. The number of carbonyl (C=O) groups is 1. The molecule has 0 bridgehead atoms. The normalized spacial score (nSPS) is 23.6. The van der Waals surface area contributed by atoms with Gasteiger partial charge < -0.3 is 15.0 Å². The van der Waals surface area contributed by atoms with E-state index < -0.39 is 0 Å². The SMILES string of the molecule is Cc1cccc(OCCC(=O)N2C[C@H]3CNC[C@H]3C2)c1.Cl. The fraction of sp³-hybridized carbons (Fsp3) is 0.562. The zero-order chi connectivity index (χ0) is 13.9. The molecule has 2 aliphatic heterocycles. The number of carbonyl (C=O) groups excluding carboxylic acids is 1. The molecule has 1 aromatic rings. The van der Waals surface area contributed by atoms with Crippen molar-refractivity contribution in [2.24, 2.45) is 11.8 Å². The Bertz CT molecular complexity index is 483. The van der Waals surface area contributed by atoms with Crippen molar-refractivity contribution in [3.05, 3.63) is 29.8 Å². The standard InChI is InChI=1S/C16H22N2O2.ClH/c1-12-3-2-4-15(7-12)20-6-5-16(19)18-10-13-8-17-9-14(13)11-18;/h2-4,7,13-14,17H,5-6,8-11H2,1H3;1H/t13-,14+;. The van der Waals surface area contributed by atoms with E-state index in [0.29, 0.717) is 24.9 Å². The van der Waals surface area contributed by atoms with Gasteiger partial charge in [0.15, 0.2) is 0 Å². The van der Waals surface area contributed by atoms with Gasteiger partial charge in [0.05, 0.1) is 13.0 Å². The summed E-state index contributed by atoms with van der Waals surface area (Å²) in [5, 5.41) is 3.39. The summed E-state index contributed by atoms with van der Waals surface area (Å²) >= 11 is 0. The van der Waals surface area contributed by atoms with Gasteiger partial charge in [-0.3, -0.25) is 4.79 Å². The summed E-state index contributed by atoms with van der Waals surface area (Å²) in [6.45, 7) is 6.46. The quantitative estimate of drug-likeness (QED) is 0.923. The summed E-state index contributed by atoms with van der Waals surface area (Å²) < 4.78 is 5.65. The van der Waals surface area contributed by atoms with Crippen LogP contribution in [0, 0.1) is 18.8 Å². The van der Waals surface area contributed by atoms with Gasteiger partial charge in [-0.1, -0.05) is 12.1 Å². The summed E-state index contributed by atoms with van der Waals surface area (Å²) in [6.07, 6.45) is 0.473. The van der Waals surface area contributed by atoms with Crippen molar-refractivity contribution in [3.8, 4) is 5.75 Å². The summed E-state index contributed by atoms with van der Waals surface area (Å²) in [7, 11) is 0. The molecule has 1 amide bonds. The first kappa shape index (κ1) is 16.1. The van der Waals surface area contributed by atoms with Crippen molar-refractivity contribution in [3.63, 3.8) is 0 Å². The Hall–Kier alpha value is -1.26. The molecule has 3 rings (SSSR count). The van der Waals surface area contributed by atoms with E-state index in [1.165, 1.54) is 5.56 Å². The van der Waals surface area contributed by atoms with Crippen LogP contribution in [0.4, 0.5) is 0 Å². The van der Waals surface area contributed by atoms with Gasteiger partial charge in [0.1, 0.15) is 5.75 Å². The Kier molecular flexibility index (Phi) is 5.48. The van der Waals surface area contributed by atoms with Crippen LogP contribution in [0.2, 0.25) is 0 Å². The van der Waals surface area contributed by atoms with Crippen LogP contribution in [-0.2, 0) is 4.79 Å². The number of hydrogen-bond acceptors (Lipinski definition) is 3. The molecule has 2 saturated heterocycles. The second kappa shape index (κ2) is 7.14. The number of hydrogen-bond donors (Lipinski definition) is 1. The van der Waals surface area contributed by atoms with Gasteiger partial charge >= 0.3 is 0 Å². The van der Waals surface area contributed by atoms with Crippen molar-refractivity contribution < 1.29 is 9.53 Å². The molecule has 1 aromatic carbocycles. The molecule has 0 aliphatic carbocycles. The van der Waals surface area contributed by atoms with Crippen LogP contribution < -0.4 is 10.1 Å². The van der Waals surface area contributed by atoms with Crippen molar-refractivity contribution in [2.75, 3.05) is 32.8 Å². The van der Waals surface area contributed by atoms with Crippen molar-refractivity contribution in [1.29, 1.82) is 0 Å². The Balaban J connectivity index is 0.00000161.